The first-order chi connectivity index (χ1) is 7.65. The molecule has 0 amide bonds. The van der Waals surface area contributed by atoms with Crippen LogP contribution in [-0.2, 0) is 6.54 Å². The lowest BCUT2D eigenvalue weighted by molar-refractivity contribution is 0.388. The molecule has 0 saturated carbocycles. The standard InChI is InChI=1S/C10H11ClN4O/c1-6-14-10(15-16-6)5-13-9-3-2-7(12)4-8(9)11/h2-4,13H,5,12H2,1H3. The van der Waals surface area contributed by atoms with Crippen LogP contribution in [0.15, 0.2) is 22.7 Å². The fraction of sp³-hybridized carbons (Fsp3) is 0.200. The van der Waals surface area contributed by atoms with E-state index >= 15 is 0 Å². The van der Waals surface area contributed by atoms with Gasteiger partial charge in [-0.3, -0.25) is 0 Å². The molecule has 3 N–H and O–H groups in total. The van der Waals surface area contributed by atoms with Gasteiger partial charge in [0.1, 0.15) is 0 Å². The van der Waals surface area contributed by atoms with Crippen LogP contribution in [0, 0.1) is 6.92 Å². The maximum atomic E-state index is 5.99. The predicted molar refractivity (Wildman–Crippen MR) is 62.2 cm³/mol. The van der Waals surface area contributed by atoms with Gasteiger partial charge in [0, 0.05) is 12.6 Å². The van der Waals surface area contributed by atoms with E-state index in [9.17, 15) is 0 Å². The second-order valence-electron chi connectivity index (χ2n) is 3.32. The Labute approximate surface area is 97.6 Å². The van der Waals surface area contributed by atoms with Gasteiger partial charge in [-0.05, 0) is 18.2 Å². The van der Waals surface area contributed by atoms with Gasteiger partial charge < -0.3 is 15.6 Å². The average molecular weight is 239 g/mol. The molecule has 0 spiro atoms. The van der Waals surface area contributed by atoms with E-state index in [1.807, 2.05) is 6.07 Å². The highest BCUT2D eigenvalue weighted by Crippen LogP contribution is 2.24. The zero-order valence-corrected chi connectivity index (χ0v) is 9.45. The lowest BCUT2D eigenvalue weighted by atomic mass is 10.3. The van der Waals surface area contributed by atoms with Crippen LogP contribution in [0.25, 0.3) is 0 Å². The SMILES string of the molecule is Cc1nc(CNc2ccc(N)cc2Cl)no1. The topological polar surface area (TPSA) is 77.0 Å². The van der Waals surface area contributed by atoms with Gasteiger partial charge in [0.05, 0.1) is 17.3 Å². The molecule has 0 unspecified atom stereocenters. The van der Waals surface area contributed by atoms with Gasteiger partial charge in [-0.15, -0.1) is 0 Å². The Balaban J connectivity index is 2.04. The van der Waals surface area contributed by atoms with Crippen LogP contribution in [0.3, 0.4) is 0 Å². The molecule has 1 heterocycles. The fourth-order valence-corrected chi connectivity index (χ4v) is 1.52. The highest BCUT2D eigenvalue weighted by atomic mass is 35.5. The lowest BCUT2D eigenvalue weighted by Crippen LogP contribution is -2.02. The normalized spacial score (nSPS) is 10.4. The summed E-state index contributed by atoms with van der Waals surface area (Å²) in [6, 6.07) is 5.27. The van der Waals surface area contributed by atoms with Crippen LogP contribution in [0.5, 0.6) is 0 Å². The predicted octanol–water partition coefficient (Wildman–Crippen LogP) is 2.23. The molecule has 0 saturated heterocycles. The minimum atomic E-state index is 0.459. The molecule has 84 valence electrons. The Morgan fingerprint density at radius 2 is 2.31 bits per heavy atom. The third kappa shape index (κ3) is 2.43. The van der Waals surface area contributed by atoms with Gasteiger partial charge in [-0.1, -0.05) is 16.8 Å². The van der Waals surface area contributed by atoms with Crippen LogP contribution in [0.4, 0.5) is 11.4 Å². The fourth-order valence-electron chi connectivity index (χ4n) is 1.26. The molecule has 0 fully saturated rings. The van der Waals surface area contributed by atoms with E-state index in [1.165, 1.54) is 0 Å². The summed E-state index contributed by atoms with van der Waals surface area (Å²) in [7, 11) is 0. The summed E-state index contributed by atoms with van der Waals surface area (Å²) in [5.74, 6) is 1.13. The van der Waals surface area contributed by atoms with Crippen molar-refractivity contribution in [3.63, 3.8) is 0 Å². The average Bonchev–Trinajstić information content (AvgIpc) is 2.63. The zero-order valence-electron chi connectivity index (χ0n) is 8.70. The molecular formula is C10H11ClN4O. The number of nitrogens with zero attached hydrogens (tertiary/aromatic N) is 2. The maximum Gasteiger partial charge on any atom is 0.223 e. The summed E-state index contributed by atoms with van der Waals surface area (Å²) in [6.45, 7) is 2.20. The summed E-state index contributed by atoms with van der Waals surface area (Å²) in [5, 5.41) is 7.43. The molecular weight excluding hydrogens is 228 g/mol. The van der Waals surface area contributed by atoms with E-state index in [4.69, 9.17) is 21.9 Å². The van der Waals surface area contributed by atoms with E-state index in [-0.39, 0.29) is 0 Å². The summed E-state index contributed by atoms with van der Waals surface area (Å²) in [5.41, 5.74) is 7.01. The first-order valence-electron chi connectivity index (χ1n) is 4.73. The number of benzene rings is 1. The Morgan fingerprint density at radius 3 is 2.94 bits per heavy atom. The van der Waals surface area contributed by atoms with Crippen LogP contribution < -0.4 is 11.1 Å². The van der Waals surface area contributed by atoms with Crippen molar-refractivity contribution in [3.05, 3.63) is 34.9 Å². The molecule has 16 heavy (non-hydrogen) atoms. The van der Waals surface area contributed by atoms with Gasteiger partial charge in [0.25, 0.3) is 0 Å². The van der Waals surface area contributed by atoms with Crippen molar-refractivity contribution in [3.8, 4) is 0 Å². The number of halogens is 1. The Bertz CT molecular complexity index is 497. The van der Waals surface area contributed by atoms with Gasteiger partial charge in [-0.25, -0.2) is 0 Å². The number of nitrogens with two attached hydrogens (primary N) is 1. The largest absolute Gasteiger partial charge is 0.399 e. The van der Waals surface area contributed by atoms with Crippen molar-refractivity contribution in [2.75, 3.05) is 11.1 Å². The number of aryl methyl sites for hydroxylation is 1. The molecule has 0 radical (unpaired) electrons. The van der Waals surface area contributed by atoms with Gasteiger partial charge in [0.2, 0.25) is 5.89 Å². The highest BCUT2D eigenvalue weighted by molar-refractivity contribution is 6.33. The number of hydrogen-bond donors (Lipinski definition) is 2. The van der Waals surface area contributed by atoms with E-state index in [0.717, 1.165) is 5.69 Å². The van der Waals surface area contributed by atoms with Crippen molar-refractivity contribution in [2.24, 2.45) is 0 Å². The van der Waals surface area contributed by atoms with Crippen molar-refractivity contribution in [1.82, 2.24) is 10.1 Å². The van der Waals surface area contributed by atoms with E-state index < -0.39 is 0 Å². The molecule has 1 aromatic carbocycles. The summed E-state index contributed by atoms with van der Waals surface area (Å²) in [4.78, 5) is 4.06. The number of aromatic nitrogens is 2. The van der Waals surface area contributed by atoms with Crippen LogP contribution in [0.1, 0.15) is 11.7 Å². The quantitative estimate of drug-likeness (QED) is 0.802. The molecule has 1 aromatic heterocycles. The molecule has 6 heteroatoms. The van der Waals surface area contributed by atoms with Gasteiger partial charge in [0.15, 0.2) is 5.82 Å². The third-order valence-electron chi connectivity index (χ3n) is 2.00. The number of nitrogen functional groups attached to an aromatic ring is 1. The van der Waals surface area contributed by atoms with Crippen molar-refractivity contribution >= 4 is 23.0 Å². The number of anilines is 2. The molecule has 2 aromatic rings. The smallest absolute Gasteiger partial charge is 0.223 e. The molecule has 0 bridgehead atoms. The Kier molecular flexibility index (Phi) is 2.96. The highest BCUT2D eigenvalue weighted by Gasteiger charge is 2.04. The number of rotatable bonds is 3. The molecule has 2 rings (SSSR count). The Morgan fingerprint density at radius 1 is 1.50 bits per heavy atom. The monoisotopic (exact) mass is 238 g/mol. The molecule has 0 aliphatic rings. The molecule has 0 aliphatic carbocycles. The number of nitrogens with one attached hydrogen (secondary N) is 1. The minimum Gasteiger partial charge on any atom is -0.399 e. The molecule has 5 nitrogen and oxygen atoms in total. The second-order valence-corrected chi connectivity index (χ2v) is 3.73. The summed E-state index contributed by atoms with van der Waals surface area (Å²) in [6.07, 6.45) is 0. The zero-order chi connectivity index (χ0) is 11.5. The van der Waals surface area contributed by atoms with E-state index in [2.05, 4.69) is 15.5 Å². The molecule has 0 aliphatic heterocycles. The Hall–Kier alpha value is -1.75. The van der Waals surface area contributed by atoms with Gasteiger partial charge >= 0.3 is 0 Å². The second kappa shape index (κ2) is 4.40. The van der Waals surface area contributed by atoms with Crippen LogP contribution >= 0.6 is 11.6 Å². The third-order valence-corrected chi connectivity index (χ3v) is 2.31. The first kappa shape index (κ1) is 10.8. The number of hydrogen-bond acceptors (Lipinski definition) is 5. The van der Waals surface area contributed by atoms with Crippen molar-refractivity contribution < 1.29 is 4.52 Å². The minimum absolute atomic E-state index is 0.459. The molecule has 0 atom stereocenters. The van der Waals surface area contributed by atoms with E-state index in [1.54, 1.807) is 19.1 Å². The van der Waals surface area contributed by atoms with Crippen molar-refractivity contribution in [2.45, 2.75) is 13.5 Å². The van der Waals surface area contributed by atoms with Gasteiger partial charge in [-0.2, -0.15) is 4.98 Å². The lowest BCUT2D eigenvalue weighted by Gasteiger charge is -2.06. The summed E-state index contributed by atoms with van der Waals surface area (Å²) >= 11 is 5.99. The van der Waals surface area contributed by atoms with Crippen LogP contribution in [0.2, 0.25) is 5.02 Å². The van der Waals surface area contributed by atoms with Crippen LogP contribution in [-0.4, -0.2) is 10.1 Å². The first-order valence-corrected chi connectivity index (χ1v) is 5.11. The van der Waals surface area contributed by atoms with E-state index in [0.29, 0.717) is 29.0 Å². The maximum absolute atomic E-state index is 5.99. The summed E-state index contributed by atoms with van der Waals surface area (Å²) < 4.78 is 4.85. The van der Waals surface area contributed by atoms with Crippen molar-refractivity contribution in [1.29, 1.82) is 0 Å².